The van der Waals surface area contributed by atoms with Crippen molar-refractivity contribution in [2.24, 2.45) is 7.05 Å². The lowest BCUT2D eigenvalue weighted by Crippen LogP contribution is -2.31. The maximum Gasteiger partial charge on any atom is 0.411 e. The first-order chi connectivity index (χ1) is 23.5. The van der Waals surface area contributed by atoms with E-state index in [0.29, 0.717) is 30.7 Å². The van der Waals surface area contributed by atoms with Crippen LogP contribution in [-0.4, -0.2) is 48.9 Å². The molecule has 3 N–H and O–H groups in total. The Hall–Kier alpha value is -4.79. The molecule has 0 saturated heterocycles. The lowest BCUT2D eigenvalue weighted by molar-refractivity contribution is 0.0610. The van der Waals surface area contributed by atoms with Gasteiger partial charge >= 0.3 is 6.09 Å². The number of aromatic nitrogens is 1. The number of anilines is 1. The molecule has 49 heavy (non-hydrogen) atoms. The molecular formula is C38H41N3O7S. The van der Waals surface area contributed by atoms with E-state index in [1.807, 2.05) is 36.0 Å². The van der Waals surface area contributed by atoms with Crippen LogP contribution in [0.25, 0.3) is 10.9 Å². The predicted molar refractivity (Wildman–Crippen MR) is 187 cm³/mol. The van der Waals surface area contributed by atoms with Gasteiger partial charge in [-0.15, -0.1) is 0 Å². The van der Waals surface area contributed by atoms with Gasteiger partial charge in [-0.05, 0) is 105 Å². The van der Waals surface area contributed by atoms with E-state index in [2.05, 4.69) is 21.9 Å². The summed E-state index contributed by atoms with van der Waals surface area (Å²) in [5.41, 5.74) is 2.52. The van der Waals surface area contributed by atoms with Crippen molar-refractivity contribution in [1.29, 1.82) is 0 Å². The van der Waals surface area contributed by atoms with Gasteiger partial charge < -0.3 is 19.1 Å². The van der Waals surface area contributed by atoms with Gasteiger partial charge in [-0.1, -0.05) is 36.5 Å². The van der Waals surface area contributed by atoms with Gasteiger partial charge in [-0.3, -0.25) is 10.1 Å². The van der Waals surface area contributed by atoms with E-state index in [1.165, 1.54) is 19.2 Å². The zero-order chi connectivity index (χ0) is 34.6. The highest BCUT2D eigenvalue weighted by Gasteiger charge is 2.27. The molecule has 0 spiro atoms. The molecule has 6 rings (SSSR count). The van der Waals surface area contributed by atoms with Crippen molar-refractivity contribution in [3.63, 3.8) is 0 Å². The molecule has 2 aliphatic rings. The van der Waals surface area contributed by atoms with Crippen LogP contribution in [-0.2, 0) is 28.2 Å². The molecule has 2 fully saturated rings. The van der Waals surface area contributed by atoms with Crippen molar-refractivity contribution in [3.05, 3.63) is 89.1 Å². The van der Waals surface area contributed by atoms with E-state index < -0.39 is 27.6 Å². The summed E-state index contributed by atoms with van der Waals surface area (Å²) in [6.45, 7) is 0. The Morgan fingerprint density at radius 2 is 1.73 bits per heavy atom. The zero-order valence-corrected chi connectivity index (χ0v) is 28.6. The quantitative estimate of drug-likeness (QED) is 0.182. The molecule has 11 heteroatoms. The number of aryl methyl sites for hydroxylation is 1. The molecule has 0 atom stereocenters. The number of nitrogens with one attached hydrogen (secondary N) is 2. The van der Waals surface area contributed by atoms with Crippen molar-refractivity contribution in [2.45, 2.75) is 80.8 Å². The summed E-state index contributed by atoms with van der Waals surface area (Å²) in [6.07, 6.45) is 9.73. The summed E-state index contributed by atoms with van der Waals surface area (Å²) in [6, 6.07) is 16.7. The molecule has 256 valence electrons. The molecule has 4 aromatic rings. The fourth-order valence-corrected chi connectivity index (χ4v) is 7.86. The topological polar surface area (TPSA) is 136 Å². The number of methoxy groups -OCH3 is 1. The van der Waals surface area contributed by atoms with Gasteiger partial charge in [0.05, 0.1) is 7.11 Å². The number of carbonyl (C=O) groups is 2. The highest BCUT2D eigenvalue weighted by atomic mass is 32.2. The molecule has 2 amide bonds. The number of fused-ring (bicyclic) bond motifs is 1. The van der Waals surface area contributed by atoms with E-state index in [0.717, 1.165) is 67.0 Å². The van der Waals surface area contributed by atoms with Gasteiger partial charge in [-0.25, -0.2) is 17.9 Å². The Kier molecular flexibility index (Phi) is 9.99. The summed E-state index contributed by atoms with van der Waals surface area (Å²) in [5, 5.41) is 14.6. The summed E-state index contributed by atoms with van der Waals surface area (Å²) in [5.74, 6) is 5.33. The first-order valence-corrected chi connectivity index (χ1v) is 18.2. The molecule has 2 aliphatic carbocycles. The number of sulfonamides is 1. The van der Waals surface area contributed by atoms with Gasteiger partial charge in [-0.2, -0.15) is 0 Å². The molecule has 0 unspecified atom stereocenters. The van der Waals surface area contributed by atoms with Crippen LogP contribution in [0.3, 0.4) is 0 Å². The van der Waals surface area contributed by atoms with Crippen LogP contribution in [0.5, 0.6) is 5.75 Å². The second-order valence-electron chi connectivity index (χ2n) is 12.9. The lowest BCUT2D eigenvalue weighted by Gasteiger charge is -2.26. The highest BCUT2D eigenvalue weighted by molar-refractivity contribution is 7.90. The highest BCUT2D eigenvalue weighted by Crippen LogP contribution is 2.31. The molecule has 1 heterocycles. The maximum absolute atomic E-state index is 13.4. The molecule has 0 aliphatic heterocycles. The Morgan fingerprint density at radius 3 is 2.49 bits per heavy atom. The largest absolute Gasteiger partial charge is 0.496 e. The second-order valence-corrected chi connectivity index (χ2v) is 14.6. The Bertz CT molecular complexity index is 2050. The third kappa shape index (κ3) is 7.93. The molecule has 0 bridgehead atoms. The van der Waals surface area contributed by atoms with Gasteiger partial charge in [0.2, 0.25) is 0 Å². The van der Waals surface area contributed by atoms with Crippen LogP contribution in [0.1, 0.15) is 84.8 Å². The van der Waals surface area contributed by atoms with Crippen molar-refractivity contribution < 1.29 is 32.6 Å². The van der Waals surface area contributed by atoms with E-state index in [-0.39, 0.29) is 22.1 Å². The van der Waals surface area contributed by atoms with Crippen LogP contribution in [0.4, 0.5) is 10.5 Å². The number of ether oxygens (including phenoxy) is 2. The molecule has 0 radical (unpaired) electrons. The smallest absolute Gasteiger partial charge is 0.411 e. The van der Waals surface area contributed by atoms with Gasteiger partial charge in [0.25, 0.3) is 15.9 Å². The van der Waals surface area contributed by atoms with Crippen molar-refractivity contribution in [1.82, 2.24) is 9.29 Å². The van der Waals surface area contributed by atoms with Crippen LogP contribution in [0.2, 0.25) is 0 Å². The minimum Gasteiger partial charge on any atom is -0.496 e. The second kappa shape index (κ2) is 14.4. The van der Waals surface area contributed by atoms with E-state index in [4.69, 9.17) is 9.47 Å². The molecule has 3 aromatic carbocycles. The van der Waals surface area contributed by atoms with Gasteiger partial charge in [0.1, 0.15) is 22.4 Å². The molecule has 2 saturated carbocycles. The normalized spacial score (nSPS) is 16.1. The monoisotopic (exact) mass is 683 g/mol. The van der Waals surface area contributed by atoms with Crippen molar-refractivity contribution >= 4 is 38.6 Å². The van der Waals surface area contributed by atoms with Gasteiger partial charge in [0, 0.05) is 47.4 Å². The van der Waals surface area contributed by atoms with E-state index in [9.17, 15) is 23.1 Å². The Balaban J connectivity index is 1.19. The minimum atomic E-state index is -4.30. The SMILES string of the molecule is COc1cc(C(=O)NS(=O)(=O)c2ccccc2C#CC2(O)CCCCC2)ccc1Cc1cn(C)c2ccc(NC(=O)OC3CCCC3)cc12. The number of hydrogen-bond donors (Lipinski definition) is 3. The Morgan fingerprint density at radius 1 is 0.980 bits per heavy atom. The van der Waals surface area contributed by atoms with E-state index in [1.54, 1.807) is 30.3 Å². The van der Waals surface area contributed by atoms with Crippen LogP contribution >= 0.6 is 0 Å². The molecular weight excluding hydrogens is 642 g/mol. The molecule has 1 aromatic heterocycles. The number of benzene rings is 3. The average Bonchev–Trinajstić information content (AvgIpc) is 3.71. The van der Waals surface area contributed by atoms with Crippen LogP contribution in [0.15, 0.2) is 71.8 Å². The zero-order valence-electron chi connectivity index (χ0n) is 27.8. The average molecular weight is 684 g/mol. The van der Waals surface area contributed by atoms with Crippen LogP contribution in [0, 0.1) is 11.8 Å². The number of aliphatic hydroxyl groups is 1. The number of hydrogen-bond acceptors (Lipinski definition) is 7. The fraction of sp³-hybridized carbons (Fsp3) is 0.368. The van der Waals surface area contributed by atoms with Gasteiger partial charge in [0.15, 0.2) is 0 Å². The van der Waals surface area contributed by atoms with Crippen molar-refractivity contribution in [3.8, 4) is 17.6 Å². The lowest BCUT2D eigenvalue weighted by atomic mass is 9.85. The predicted octanol–water partition coefficient (Wildman–Crippen LogP) is 6.43. The standard InChI is InChI=1S/C38H41N3O7S/c1-41-25-29(32-24-30(16-17-33(32)41)39-37(43)48-31-11-5-6-12-31)22-27-14-15-28(23-34(27)47-2)36(42)40-49(45,46)35-13-7-4-10-26(35)18-21-38(44)19-8-3-9-20-38/h4,7,10,13-17,23-25,31,44H,3,5-6,8-9,11-12,19-20,22H2,1-2H3,(H,39,43)(H,40,42). The number of carbonyl (C=O) groups excluding carboxylic acids is 2. The number of nitrogens with zero attached hydrogens (tertiary/aromatic N) is 1. The Labute approximate surface area is 286 Å². The summed E-state index contributed by atoms with van der Waals surface area (Å²) < 4.78 is 42.2. The minimum absolute atomic E-state index is 0.0375. The number of amides is 2. The van der Waals surface area contributed by atoms with E-state index >= 15 is 0 Å². The summed E-state index contributed by atoms with van der Waals surface area (Å²) in [4.78, 5) is 25.6. The third-order valence-corrected chi connectivity index (χ3v) is 10.7. The fourth-order valence-electron chi connectivity index (χ4n) is 6.72. The summed E-state index contributed by atoms with van der Waals surface area (Å²) >= 11 is 0. The van der Waals surface area contributed by atoms with Crippen molar-refractivity contribution in [2.75, 3.05) is 12.4 Å². The van der Waals surface area contributed by atoms with Crippen LogP contribution < -0.4 is 14.8 Å². The maximum atomic E-state index is 13.4. The first-order valence-electron chi connectivity index (χ1n) is 16.7. The first kappa shape index (κ1) is 34.1. The third-order valence-electron chi connectivity index (χ3n) is 9.34. The number of rotatable bonds is 8. The summed E-state index contributed by atoms with van der Waals surface area (Å²) in [7, 11) is -0.859. The molecule has 10 nitrogen and oxygen atoms in total.